The Hall–Kier alpha value is -1.22. The predicted octanol–water partition coefficient (Wildman–Crippen LogP) is 4.45. The predicted molar refractivity (Wildman–Crippen MR) is 113 cm³/mol. The highest BCUT2D eigenvalue weighted by Gasteiger charge is 2.50. The Morgan fingerprint density at radius 3 is 1.57 bits per heavy atom. The van der Waals surface area contributed by atoms with Crippen LogP contribution in [0, 0.1) is 5.41 Å². The lowest BCUT2D eigenvalue weighted by Crippen LogP contribution is -2.53. The molecular weight excluding hydrogens is 392 g/mol. The van der Waals surface area contributed by atoms with Crippen LogP contribution in [0.1, 0.15) is 86.5 Å². The van der Waals surface area contributed by atoms with Crippen LogP contribution in [0.15, 0.2) is 0 Å². The van der Waals surface area contributed by atoms with Crippen LogP contribution in [-0.4, -0.2) is 60.2 Å². The SMILES string of the molecule is CCCCOC(C)OC(C)C(CCCC(=O)O)(C(=O)O)C(C)OC(C)OCCCC. The average molecular weight is 435 g/mol. The van der Waals surface area contributed by atoms with E-state index in [1.807, 2.05) is 0 Å². The molecule has 0 amide bonds. The van der Waals surface area contributed by atoms with Crippen molar-refractivity contribution < 1.29 is 38.7 Å². The van der Waals surface area contributed by atoms with E-state index in [4.69, 9.17) is 24.1 Å². The molecule has 0 aromatic rings. The Bertz CT molecular complexity index is 458. The molecule has 2 N–H and O–H groups in total. The lowest BCUT2D eigenvalue weighted by Gasteiger charge is -2.41. The topological polar surface area (TPSA) is 112 Å². The number of rotatable bonds is 19. The van der Waals surface area contributed by atoms with Gasteiger partial charge in [-0.2, -0.15) is 0 Å². The van der Waals surface area contributed by atoms with Gasteiger partial charge in [0.25, 0.3) is 0 Å². The average Bonchev–Trinajstić information content (AvgIpc) is 2.64. The molecule has 0 heterocycles. The van der Waals surface area contributed by atoms with Crippen molar-refractivity contribution in [3.8, 4) is 0 Å². The Balaban J connectivity index is 5.41. The highest BCUT2D eigenvalue weighted by atomic mass is 16.7. The summed E-state index contributed by atoms with van der Waals surface area (Å²) < 4.78 is 23.1. The van der Waals surface area contributed by atoms with E-state index in [0.29, 0.717) is 13.2 Å². The summed E-state index contributed by atoms with van der Waals surface area (Å²) in [7, 11) is 0. The van der Waals surface area contributed by atoms with Gasteiger partial charge < -0.3 is 29.2 Å². The fourth-order valence-electron chi connectivity index (χ4n) is 3.41. The molecule has 0 aromatic heterocycles. The van der Waals surface area contributed by atoms with Crippen LogP contribution in [-0.2, 0) is 28.5 Å². The highest BCUT2D eigenvalue weighted by molar-refractivity contribution is 5.76. The Morgan fingerprint density at radius 1 is 0.800 bits per heavy atom. The molecule has 0 aromatic carbocycles. The van der Waals surface area contributed by atoms with Crippen molar-refractivity contribution in [2.45, 2.75) is 111 Å². The van der Waals surface area contributed by atoms with E-state index in [9.17, 15) is 14.7 Å². The minimum Gasteiger partial charge on any atom is -0.481 e. The van der Waals surface area contributed by atoms with Gasteiger partial charge in [0.2, 0.25) is 0 Å². The molecule has 30 heavy (non-hydrogen) atoms. The maximum atomic E-state index is 12.5. The lowest BCUT2D eigenvalue weighted by molar-refractivity contribution is -0.237. The van der Waals surface area contributed by atoms with E-state index in [1.165, 1.54) is 0 Å². The third-order valence-corrected chi connectivity index (χ3v) is 5.32. The molecule has 178 valence electrons. The molecular formula is C22H42O8. The third-order valence-electron chi connectivity index (χ3n) is 5.32. The van der Waals surface area contributed by atoms with Crippen LogP contribution in [0.5, 0.6) is 0 Å². The number of hydrogen-bond donors (Lipinski definition) is 2. The van der Waals surface area contributed by atoms with Gasteiger partial charge in [-0.15, -0.1) is 0 Å². The maximum absolute atomic E-state index is 12.5. The third kappa shape index (κ3) is 10.2. The Kier molecular flexibility index (Phi) is 14.9. The molecule has 0 aliphatic heterocycles. The number of hydrogen-bond acceptors (Lipinski definition) is 6. The summed E-state index contributed by atoms with van der Waals surface area (Å²) in [5.41, 5.74) is -1.44. The van der Waals surface area contributed by atoms with Crippen LogP contribution in [0.4, 0.5) is 0 Å². The molecule has 0 saturated heterocycles. The molecule has 0 spiro atoms. The maximum Gasteiger partial charge on any atom is 0.314 e. The zero-order chi connectivity index (χ0) is 23.2. The first-order valence-corrected chi connectivity index (χ1v) is 11.1. The minimum absolute atomic E-state index is 0.0975. The monoisotopic (exact) mass is 434 g/mol. The largest absolute Gasteiger partial charge is 0.481 e. The number of carboxylic acid groups (broad SMARTS) is 2. The van der Waals surface area contributed by atoms with Crippen molar-refractivity contribution in [3.05, 3.63) is 0 Å². The van der Waals surface area contributed by atoms with Crippen molar-refractivity contribution >= 4 is 11.9 Å². The molecule has 0 radical (unpaired) electrons. The summed E-state index contributed by atoms with van der Waals surface area (Å²) >= 11 is 0. The highest BCUT2D eigenvalue weighted by Crippen LogP contribution is 2.38. The second-order valence-corrected chi connectivity index (χ2v) is 7.73. The van der Waals surface area contributed by atoms with Gasteiger partial charge in [-0.1, -0.05) is 26.7 Å². The molecule has 0 saturated carbocycles. The summed E-state index contributed by atoms with van der Waals surface area (Å²) in [6, 6.07) is 0. The van der Waals surface area contributed by atoms with Gasteiger partial charge in [0.05, 0.1) is 12.2 Å². The van der Waals surface area contributed by atoms with Gasteiger partial charge in [0, 0.05) is 19.6 Å². The second kappa shape index (κ2) is 15.6. The zero-order valence-electron chi connectivity index (χ0n) is 19.5. The first-order chi connectivity index (χ1) is 14.1. The van der Waals surface area contributed by atoms with Gasteiger partial charge >= 0.3 is 11.9 Å². The zero-order valence-corrected chi connectivity index (χ0v) is 19.5. The van der Waals surface area contributed by atoms with E-state index in [-0.39, 0.29) is 19.3 Å². The summed E-state index contributed by atoms with van der Waals surface area (Å²) in [5, 5.41) is 19.2. The van der Waals surface area contributed by atoms with Crippen molar-refractivity contribution in [2.75, 3.05) is 13.2 Å². The first-order valence-electron chi connectivity index (χ1n) is 11.1. The van der Waals surface area contributed by atoms with Gasteiger partial charge in [-0.25, -0.2) is 0 Å². The van der Waals surface area contributed by atoms with Crippen LogP contribution >= 0.6 is 0 Å². The second-order valence-electron chi connectivity index (χ2n) is 7.73. The van der Waals surface area contributed by atoms with Crippen molar-refractivity contribution in [1.82, 2.24) is 0 Å². The molecule has 8 nitrogen and oxygen atoms in total. The van der Waals surface area contributed by atoms with Gasteiger partial charge in [-0.05, 0) is 53.4 Å². The molecule has 0 bridgehead atoms. The van der Waals surface area contributed by atoms with Gasteiger partial charge in [-0.3, -0.25) is 9.59 Å². The van der Waals surface area contributed by atoms with Crippen molar-refractivity contribution in [1.29, 1.82) is 0 Å². The molecule has 0 fully saturated rings. The quantitative estimate of drug-likeness (QED) is 0.227. The Morgan fingerprint density at radius 2 is 1.23 bits per heavy atom. The summed E-state index contributed by atoms with van der Waals surface area (Å²) in [5.74, 6) is -2.06. The number of unbranched alkanes of at least 4 members (excludes halogenated alkanes) is 2. The molecule has 0 aliphatic rings. The number of carbonyl (C=O) groups is 2. The van der Waals surface area contributed by atoms with E-state index < -0.39 is 42.1 Å². The molecule has 0 aliphatic carbocycles. The van der Waals surface area contributed by atoms with E-state index in [2.05, 4.69) is 13.8 Å². The Labute approximate surface area is 181 Å². The normalized spacial score (nSPS) is 17.7. The molecule has 4 unspecified atom stereocenters. The fourth-order valence-corrected chi connectivity index (χ4v) is 3.41. The van der Waals surface area contributed by atoms with Gasteiger partial charge in [0.1, 0.15) is 5.41 Å². The van der Waals surface area contributed by atoms with Crippen LogP contribution in [0.3, 0.4) is 0 Å². The molecule has 0 rings (SSSR count). The summed E-state index contributed by atoms with van der Waals surface area (Å²) in [6.45, 7) is 12.0. The van der Waals surface area contributed by atoms with E-state index in [0.717, 1.165) is 25.7 Å². The summed E-state index contributed by atoms with van der Waals surface area (Å²) in [4.78, 5) is 23.5. The molecule has 8 heteroatoms. The molecule has 4 atom stereocenters. The minimum atomic E-state index is -1.44. The van der Waals surface area contributed by atoms with Crippen molar-refractivity contribution in [3.63, 3.8) is 0 Å². The van der Waals surface area contributed by atoms with Gasteiger partial charge in [0.15, 0.2) is 12.6 Å². The van der Waals surface area contributed by atoms with Crippen molar-refractivity contribution in [2.24, 2.45) is 5.41 Å². The summed E-state index contributed by atoms with van der Waals surface area (Å²) in [6.07, 6.45) is 1.20. The number of carboxylic acids is 2. The fraction of sp³-hybridized carbons (Fsp3) is 0.909. The van der Waals surface area contributed by atoms with Crippen LogP contribution < -0.4 is 0 Å². The smallest absolute Gasteiger partial charge is 0.314 e. The lowest BCUT2D eigenvalue weighted by atomic mass is 9.73. The van der Waals surface area contributed by atoms with E-state index in [1.54, 1.807) is 27.7 Å². The first kappa shape index (κ1) is 28.8. The number of aliphatic carboxylic acids is 2. The number of ether oxygens (including phenoxy) is 4. The van der Waals surface area contributed by atoms with Crippen LogP contribution in [0.2, 0.25) is 0 Å². The standard InChI is InChI=1S/C22H42O8/c1-7-9-14-27-18(5)29-16(3)22(21(25)26,13-11-12-20(23)24)17(4)30-19(6)28-15-10-8-2/h16-19H,7-15H2,1-6H3,(H,23,24)(H,25,26). The van der Waals surface area contributed by atoms with E-state index >= 15 is 0 Å². The van der Waals surface area contributed by atoms with Crippen LogP contribution in [0.25, 0.3) is 0 Å².